The molecule has 82 valence electrons. The van der Waals surface area contributed by atoms with E-state index in [9.17, 15) is 0 Å². The summed E-state index contributed by atoms with van der Waals surface area (Å²) in [7, 11) is 1.94. The van der Waals surface area contributed by atoms with Crippen LogP contribution in [0.4, 0.5) is 0 Å². The van der Waals surface area contributed by atoms with Gasteiger partial charge in [0.1, 0.15) is 0 Å². The van der Waals surface area contributed by atoms with Gasteiger partial charge in [0.05, 0.1) is 18.1 Å². The van der Waals surface area contributed by atoms with Crippen molar-refractivity contribution in [2.75, 3.05) is 0 Å². The molecule has 0 aromatic carbocycles. The third-order valence-electron chi connectivity index (χ3n) is 2.75. The van der Waals surface area contributed by atoms with E-state index in [2.05, 4.69) is 17.0 Å². The molecule has 1 aliphatic carbocycles. The van der Waals surface area contributed by atoms with Gasteiger partial charge < -0.3 is 5.73 Å². The molecule has 0 spiro atoms. The van der Waals surface area contributed by atoms with Crippen LogP contribution in [0.15, 0.2) is 11.2 Å². The zero-order valence-electron chi connectivity index (χ0n) is 9.40. The molecule has 2 N–H and O–H groups in total. The second-order valence-electron chi connectivity index (χ2n) is 4.14. The van der Waals surface area contributed by atoms with Gasteiger partial charge in [-0.1, -0.05) is 6.92 Å². The van der Waals surface area contributed by atoms with Crippen LogP contribution < -0.4 is 5.73 Å². The van der Waals surface area contributed by atoms with Crippen LogP contribution >= 0.6 is 0 Å². The summed E-state index contributed by atoms with van der Waals surface area (Å²) < 4.78 is 1.84. The van der Waals surface area contributed by atoms with Crippen molar-refractivity contribution in [1.82, 2.24) is 9.78 Å². The van der Waals surface area contributed by atoms with Gasteiger partial charge in [0.15, 0.2) is 0 Å². The van der Waals surface area contributed by atoms with Crippen LogP contribution in [0.1, 0.15) is 31.0 Å². The minimum absolute atomic E-state index is 0.562. The molecule has 1 aromatic rings. The molecule has 0 aliphatic heterocycles. The van der Waals surface area contributed by atoms with Gasteiger partial charge in [-0.25, -0.2) is 0 Å². The quantitative estimate of drug-likeness (QED) is 0.595. The van der Waals surface area contributed by atoms with Crippen molar-refractivity contribution in [3.8, 4) is 0 Å². The number of aliphatic imine (C=N–C) groups is 1. The molecule has 0 atom stereocenters. The average Bonchev–Trinajstić information content (AvgIpc) is 2.99. The highest BCUT2D eigenvalue weighted by Gasteiger charge is 2.25. The summed E-state index contributed by atoms with van der Waals surface area (Å²) in [4.78, 5) is 4.42. The Bertz CT molecular complexity index is 374. The number of aromatic nitrogens is 2. The van der Waals surface area contributed by atoms with Crippen molar-refractivity contribution in [1.29, 1.82) is 0 Å². The van der Waals surface area contributed by atoms with Crippen LogP contribution in [0.3, 0.4) is 0 Å². The van der Waals surface area contributed by atoms with E-state index in [1.807, 2.05) is 17.9 Å². The molecule has 2 rings (SSSR count). The largest absolute Gasteiger partial charge is 0.387 e. The molecule has 15 heavy (non-hydrogen) atoms. The predicted molar refractivity (Wildman–Crippen MR) is 60.6 cm³/mol. The molecular weight excluding hydrogens is 188 g/mol. The van der Waals surface area contributed by atoms with Crippen LogP contribution in [0.2, 0.25) is 0 Å². The SMILES string of the molecule is CCc1nn(C)cc1CN=C(N)C1CC1. The number of rotatable bonds is 4. The number of hydrogen-bond acceptors (Lipinski definition) is 2. The monoisotopic (exact) mass is 206 g/mol. The third-order valence-corrected chi connectivity index (χ3v) is 2.75. The highest BCUT2D eigenvalue weighted by Crippen LogP contribution is 2.29. The molecule has 0 radical (unpaired) electrons. The lowest BCUT2D eigenvalue weighted by molar-refractivity contribution is 0.746. The van der Waals surface area contributed by atoms with E-state index >= 15 is 0 Å². The van der Waals surface area contributed by atoms with Crippen LogP contribution in [-0.4, -0.2) is 15.6 Å². The molecule has 4 heteroatoms. The van der Waals surface area contributed by atoms with Crippen molar-refractivity contribution >= 4 is 5.84 Å². The van der Waals surface area contributed by atoms with E-state index in [1.54, 1.807) is 0 Å². The summed E-state index contributed by atoms with van der Waals surface area (Å²) in [5, 5.41) is 4.37. The molecule has 1 aromatic heterocycles. The molecule has 4 nitrogen and oxygen atoms in total. The van der Waals surface area contributed by atoms with Crippen molar-refractivity contribution in [2.45, 2.75) is 32.7 Å². The van der Waals surface area contributed by atoms with Gasteiger partial charge in [-0.05, 0) is 19.3 Å². The van der Waals surface area contributed by atoms with Gasteiger partial charge >= 0.3 is 0 Å². The normalized spacial score (nSPS) is 17.1. The zero-order valence-corrected chi connectivity index (χ0v) is 9.40. The molecular formula is C11H18N4. The van der Waals surface area contributed by atoms with E-state index in [0.29, 0.717) is 12.5 Å². The second-order valence-corrected chi connectivity index (χ2v) is 4.14. The maximum atomic E-state index is 5.85. The first kappa shape index (κ1) is 10.2. The number of nitrogens with two attached hydrogens (primary N) is 1. The molecule has 0 bridgehead atoms. The first-order chi connectivity index (χ1) is 7.20. The first-order valence-corrected chi connectivity index (χ1v) is 5.52. The van der Waals surface area contributed by atoms with Crippen LogP contribution in [0.5, 0.6) is 0 Å². The summed E-state index contributed by atoms with van der Waals surface area (Å²) in [5.41, 5.74) is 8.18. The molecule has 0 unspecified atom stereocenters. The van der Waals surface area contributed by atoms with E-state index < -0.39 is 0 Å². The van der Waals surface area contributed by atoms with E-state index in [-0.39, 0.29) is 0 Å². The van der Waals surface area contributed by atoms with Gasteiger partial charge in [-0.3, -0.25) is 9.67 Å². The number of nitrogens with zero attached hydrogens (tertiary/aromatic N) is 3. The maximum Gasteiger partial charge on any atom is 0.0972 e. The number of hydrogen-bond donors (Lipinski definition) is 1. The summed E-state index contributed by atoms with van der Waals surface area (Å²) in [6, 6.07) is 0. The molecule has 1 fully saturated rings. The highest BCUT2D eigenvalue weighted by molar-refractivity contribution is 5.84. The Morgan fingerprint density at radius 1 is 1.67 bits per heavy atom. The molecule has 1 saturated carbocycles. The fourth-order valence-corrected chi connectivity index (χ4v) is 1.70. The fourth-order valence-electron chi connectivity index (χ4n) is 1.70. The van der Waals surface area contributed by atoms with Gasteiger partial charge in [-0.2, -0.15) is 5.10 Å². The smallest absolute Gasteiger partial charge is 0.0972 e. The van der Waals surface area contributed by atoms with Gasteiger partial charge in [0, 0.05) is 24.7 Å². The number of amidine groups is 1. The van der Waals surface area contributed by atoms with E-state index in [0.717, 1.165) is 18.0 Å². The first-order valence-electron chi connectivity index (χ1n) is 5.52. The molecule has 0 saturated heterocycles. The van der Waals surface area contributed by atoms with Crippen LogP contribution in [0.25, 0.3) is 0 Å². The molecule has 1 heterocycles. The fraction of sp³-hybridized carbons (Fsp3) is 0.636. The lowest BCUT2D eigenvalue weighted by Crippen LogP contribution is -2.14. The summed E-state index contributed by atoms with van der Waals surface area (Å²) in [5.74, 6) is 1.38. The molecule has 0 amide bonds. The van der Waals surface area contributed by atoms with Crippen molar-refractivity contribution < 1.29 is 0 Å². The standard InChI is InChI=1S/C11H18N4/c1-3-10-9(7-15(2)14-10)6-13-11(12)8-4-5-8/h7-8H,3-6H2,1-2H3,(H2,12,13). The Morgan fingerprint density at radius 3 is 3.00 bits per heavy atom. The van der Waals surface area contributed by atoms with Gasteiger partial charge in [-0.15, -0.1) is 0 Å². The lowest BCUT2D eigenvalue weighted by Gasteiger charge is -1.98. The van der Waals surface area contributed by atoms with E-state index in [1.165, 1.54) is 18.4 Å². The van der Waals surface area contributed by atoms with Crippen molar-refractivity contribution in [3.63, 3.8) is 0 Å². The Morgan fingerprint density at radius 2 is 2.40 bits per heavy atom. The van der Waals surface area contributed by atoms with Gasteiger partial charge in [0.2, 0.25) is 0 Å². The Kier molecular flexibility index (Phi) is 2.75. The predicted octanol–water partition coefficient (Wildman–Crippen LogP) is 1.25. The zero-order chi connectivity index (χ0) is 10.8. The highest BCUT2D eigenvalue weighted by atomic mass is 15.3. The minimum Gasteiger partial charge on any atom is -0.387 e. The summed E-state index contributed by atoms with van der Waals surface area (Å²) in [6.45, 7) is 2.79. The average molecular weight is 206 g/mol. The van der Waals surface area contributed by atoms with Crippen LogP contribution in [0, 0.1) is 5.92 Å². The summed E-state index contributed by atoms with van der Waals surface area (Å²) in [6.07, 6.45) is 5.41. The summed E-state index contributed by atoms with van der Waals surface area (Å²) >= 11 is 0. The topological polar surface area (TPSA) is 56.2 Å². The third kappa shape index (κ3) is 2.37. The minimum atomic E-state index is 0.562. The lowest BCUT2D eigenvalue weighted by atomic mass is 10.2. The maximum absolute atomic E-state index is 5.85. The van der Waals surface area contributed by atoms with E-state index in [4.69, 9.17) is 5.73 Å². The van der Waals surface area contributed by atoms with Crippen molar-refractivity contribution in [2.24, 2.45) is 23.7 Å². The van der Waals surface area contributed by atoms with Crippen molar-refractivity contribution in [3.05, 3.63) is 17.5 Å². The Balaban J connectivity index is 2.05. The Labute approximate surface area is 90.2 Å². The molecule has 1 aliphatic rings. The Hall–Kier alpha value is -1.32. The number of aryl methyl sites for hydroxylation is 2. The second kappa shape index (κ2) is 4.04. The van der Waals surface area contributed by atoms with Crippen LogP contribution in [-0.2, 0) is 20.0 Å². The van der Waals surface area contributed by atoms with Gasteiger partial charge in [0.25, 0.3) is 0 Å².